The van der Waals surface area contributed by atoms with Crippen molar-refractivity contribution in [1.29, 1.82) is 0 Å². The lowest BCUT2D eigenvalue weighted by atomic mass is 10.2. The van der Waals surface area contributed by atoms with E-state index in [0.29, 0.717) is 6.42 Å². The largest absolute Gasteiger partial charge is 0.411 e. The van der Waals surface area contributed by atoms with Gasteiger partial charge in [-0.1, -0.05) is 38.5 Å². The minimum absolute atomic E-state index is 0.0000749. The zero-order valence-corrected chi connectivity index (χ0v) is 18.2. The predicted octanol–water partition coefficient (Wildman–Crippen LogP) is 3.20. The van der Waals surface area contributed by atoms with Crippen LogP contribution in [0.4, 0.5) is 0 Å². The molecule has 148 valence electrons. The standard InChI is InChI=1S/C18H30O6SSi/c1-13-7-9-14(10-8-13)25(20,21)22-12-16-15(11-17(19)23-16)24-26(5,6)18(2,3)4/h7-10,15-17,19H,11-12H2,1-6H3/t15-,16+,17?/m0/s1. The lowest BCUT2D eigenvalue weighted by Gasteiger charge is -2.39. The second-order valence-corrected chi connectivity index (χ2v) is 14.7. The number of hydrogen-bond donors (Lipinski definition) is 1. The average molecular weight is 403 g/mol. The van der Waals surface area contributed by atoms with E-state index in [1.807, 2.05) is 6.92 Å². The number of ether oxygens (including phenoxy) is 1. The molecule has 1 fully saturated rings. The summed E-state index contributed by atoms with van der Waals surface area (Å²) in [4.78, 5) is 0.100. The number of aliphatic hydroxyl groups is 1. The van der Waals surface area contributed by atoms with Gasteiger partial charge < -0.3 is 14.3 Å². The Morgan fingerprint density at radius 3 is 2.35 bits per heavy atom. The van der Waals surface area contributed by atoms with Crippen molar-refractivity contribution in [2.24, 2.45) is 0 Å². The van der Waals surface area contributed by atoms with Gasteiger partial charge in [0.05, 0.1) is 17.6 Å². The van der Waals surface area contributed by atoms with E-state index >= 15 is 0 Å². The van der Waals surface area contributed by atoms with Crippen molar-refractivity contribution in [3.63, 3.8) is 0 Å². The zero-order valence-electron chi connectivity index (χ0n) is 16.4. The Kier molecular flexibility index (Phi) is 6.37. The molecular formula is C18H30O6SSi. The minimum atomic E-state index is -3.88. The molecule has 1 aromatic rings. The topological polar surface area (TPSA) is 82.1 Å². The van der Waals surface area contributed by atoms with Crippen LogP contribution in [0.3, 0.4) is 0 Å². The summed E-state index contributed by atoms with van der Waals surface area (Å²) in [5, 5.41) is 9.85. The third-order valence-corrected chi connectivity index (χ3v) is 10.9. The first-order valence-electron chi connectivity index (χ1n) is 8.79. The summed E-state index contributed by atoms with van der Waals surface area (Å²) in [5.41, 5.74) is 0.967. The van der Waals surface area contributed by atoms with Crippen molar-refractivity contribution >= 4 is 18.4 Å². The van der Waals surface area contributed by atoms with Gasteiger partial charge >= 0.3 is 0 Å². The lowest BCUT2D eigenvalue weighted by molar-refractivity contribution is -0.103. The van der Waals surface area contributed by atoms with E-state index in [1.54, 1.807) is 12.1 Å². The summed E-state index contributed by atoms with van der Waals surface area (Å²) in [5.74, 6) is 0. The molecule has 0 saturated carbocycles. The number of aryl methyl sites for hydroxylation is 1. The Balaban J connectivity index is 2.06. The lowest BCUT2D eigenvalue weighted by Crippen LogP contribution is -2.46. The molecule has 8 heteroatoms. The molecule has 1 N–H and O–H groups in total. The maximum absolute atomic E-state index is 12.4. The van der Waals surface area contributed by atoms with Crippen LogP contribution >= 0.6 is 0 Å². The summed E-state index contributed by atoms with van der Waals surface area (Å²) >= 11 is 0. The van der Waals surface area contributed by atoms with Crippen LogP contribution in [-0.2, 0) is 23.5 Å². The van der Waals surface area contributed by atoms with E-state index in [9.17, 15) is 13.5 Å². The van der Waals surface area contributed by atoms with Crippen LogP contribution in [0.15, 0.2) is 29.2 Å². The molecule has 6 nitrogen and oxygen atoms in total. The van der Waals surface area contributed by atoms with Crippen molar-refractivity contribution in [1.82, 2.24) is 0 Å². The molecule has 1 aliphatic rings. The van der Waals surface area contributed by atoms with Crippen molar-refractivity contribution in [3.05, 3.63) is 29.8 Å². The molecule has 0 spiro atoms. The van der Waals surface area contributed by atoms with E-state index in [4.69, 9.17) is 13.3 Å². The normalized spacial score (nSPS) is 24.8. The van der Waals surface area contributed by atoms with Gasteiger partial charge in [-0.05, 0) is 37.2 Å². The summed E-state index contributed by atoms with van der Waals surface area (Å²) in [6, 6.07) is 6.46. The van der Waals surface area contributed by atoms with Gasteiger partial charge in [0, 0.05) is 6.42 Å². The van der Waals surface area contributed by atoms with Gasteiger partial charge in [-0.15, -0.1) is 0 Å². The highest BCUT2D eigenvalue weighted by Gasteiger charge is 2.44. The van der Waals surface area contributed by atoms with Crippen LogP contribution in [0.1, 0.15) is 32.8 Å². The second-order valence-electron chi connectivity index (χ2n) is 8.33. The zero-order chi connectivity index (χ0) is 19.8. The van der Waals surface area contributed by atoms with Gasteiger partial charge in [-0.3, -0.25) is 4.18 Å². The van der Waals surface area contributed by atoms with Gasteiger partial charge in [0.1, 0.15) is 6.10 Å². The quantitative estimate of drug-likeness (QED) is 0.581. The highest BCUT2D eigenvalue weighted by molar-refractivity contribution is 7.86. The number of rotatable bonds is 6. The molecule has 26 heavy (non-hydrogen) atoms. The molecule has 1 saturated heterocycles. The minimum Gasteiger partial charge on any atom is -0.411 e. The third-order valence-electron chi connectivity index (χ3n) is 5.13. The molecule has 2 rings (SSSR count). The van der Waals surface area contributed by atoms with Crippen molar-refractivity contribution < 1.29 is 26.9 Å². The fraction of sp³-hybridized carbons (Fsp3) is 0.667. The highest BCUT2D eigenvalue weighted by atomic mass is 32.2. The van der Waals surface area contributed by atoms with Gasteiger partial charge in [-0.25, -0.2) is 0 Å². The van der Waals surface area contributed by atoms with E-state index in [0.717, 1.165) is 5.56 Å². The maximum Gasteiger partial charge on any atom is 0.297 e. The first-order valence-corrected chi connectivity index (χ1v) is 13.1. The Bertz CT molecular complexity index is 708. The SMILES string of the molecule is Cc1ccc(S(=O)(=O)OC[C@H]2OC(O)C[C@@H]2O[Si](C)(C)C(C)(C)C)cc1. The molecule has 1 aliphatic heterocycles. The van der Waals surface area contributed by atoms with Crippen LogP contribution in [-0.4, -0.2) is 46.9 Å². The van der Waals surface area contributed by atoms with Crippen LogP contribution in [0.25, 0.3) is 0 Å². The van der Waals surface area contributed by atoms with Crippen molar-refractivity contribution in [2.45, 2.75) is 75.6 Å². The smallest absolute Gasteiger partial charge is 0.297 e. The van der Waals surface area contributed by atoms with Gasteiger partial charge in [0.25, 0.3) is 10.1 Å². The summed E-state index contributed by atoms with van der Waals surface area (Å²) in [6.07, 6.45) is -1.68. The second kappa shape index (κ2) is 7.69. The third kappa shape index (κ3) is 5.14. The molecule has 0 amide bonds. The Labute approximate surface area is 157 Å². The fourth-order valence-electron chi connectivity index (χ4n) is 2.45. The van der Waals surface area contributed by atoms with E-state index in [2.05, 4.69) is 33.9 Å². The number of benzene rings is 1. The molecule has 1 heterocycles. The summed E-state index contributed by atoms with van der Waals surface area (Å²) in [6.45, 7) is 12.3. The number of hydrogen-bond acceptors (Lipinski definition) is 6. The molecule has 1 aromatic carbocycles. The van der Waals surface area contributed by atoms with E-state index in [1.165, 1.54) is 12.1 Å². The van der Waals surface area contributed by atoms with Crippen molar-refractivity contribution in [3.8, 4) is 0 Å². The van der Waals surface area contributed by atoms with E-state index in [-0.39, 0.29) is 22.6 Å². The van der Waals surface area contributed by atoms with E-state index < -0.39 is 30.8 Å². The first kappa shape index (κ1) is 21.5. The van der Waals surface area contributed by atoms with Gasteiger partial charge in [0.15, 0.2) is 14.6 Å². The monoisotopic (exact) mass is 402 g/mol. The molecule has 1 unspecified atom stereocenters. The van der Waals surface area contributed by atoms with Crippen LogP contribution in [0.5, 0.6) is 0 Å². The Morgan fingerprint density at radius 1 is 1.23 bits per heavy atom. The first-order chi connectivity index (χ1) is 11.8. The highest BCUT2D eigenvalue weighted by Crippen LogP contribution is 2.39. The average Bonchev–Trinajstić information content (AvgIpc) is 2.83. The van der Waals surface area contributed by atoms with Crippen LogP contribution in [0, 0.1) is 6.92 Å². The molecular weight excluding hydrogens is 372 g/mol. The molecule has 0 aliphatic carbocycles. The van der Waals surface area contributed by atoms with Crippen LogP contribution < -0.4 is 0 Å². The summed E-state index contributed by atoms with van der Waals surface area (Å²) in [7, 11) is -5.97. The molecule has 0 aromatic heterocycles. The Morgan fingerprint density at radius 2 is 1.81 bits per heavy atom. The summed E-state index contributed by atoms with van der Waals surface area (Å²) < 4.78 is 41.7. The molecule has 3 atom stereocenters. The van der Waals surface area contributed by atoms with Crippen LogP contribution in [0.2, 0.25) is 18.1 Å². The van der Waals surface area contributed by atoms with Crippen molar-refractivity contribution in [2.75, 3.05) is 6.61 Å². The predicted molar refractivity (Wildman–Crippen MR) is 102 cm³/mol. The Hall–Kier alpha value is -0.773. The number of aliphatic hydroxyl groups excluding tert-OH is 1. The molecule has 0 bridgehead atoms. The molecule has 0 radical (unpaired) electrons. The van der Waals surface area contributed by atoms with Gasteiger partial charge in [0.2, 0.25) is 0 Å². The van der Waals surface area contributed by atoms with Gasteiger partial charge in [-0.2, -0.15) is 8.42 Å². The maximum atomic E-state index is 12.4. The fourth-order valence-corrected chi connectivity index (χ4v) is 4.73.